The van der Waals surface area contributed by atoms with Gasteiger partial charge in [0.1, 0.15) is 0 Å². The van der Waals surface area contributed by atoms with Crippen LogP contribution in [0.3, 0.4) is 0 Å². The Morgan fingerprint density at radius 2 is 1.17 bits per heavy atom. The van der Waals surface area contributed by atoms with Gasteiger partial charge < -0.3 is 4.40 Å². The van der Waals surface area contributed by atoms with Crippen LogP contribution in [-0.2, 0) is 0 Å². The molecule has 8 rings (SSSR count). The van der Waals surface area contributed by atoms with E-state index in [9.17, 15) is 0 Å². The normalized spacial score (nSPS) is 12.0. The summed E-state index contributed by atoms with van der Waals surface area (Å²) in [7, 11) is 0. The number of benzene rings is 4. The molecule has 0 saturated carbocycles. The summed E-state index contributed by atoms with van der Waals surface area (Å²) < 4.78 is 2.42. The molecule has 0 aliphatic carbocycles. The third kappa shape index (κ3) is 2.63. The Balaban J connectivity index is 1.36. The van der Waals surface area contributed by atoms with E-state index in [2.05, 4.69) is 111 Å². The van der Waals surface area contributed by atoms with Crippen molar-refractivity contribution in [2.45, 2.75) is 6.92 Å². The Bertz CT molecular complexity index is 2020. The monoisotopic (exact) mass is 459 g/mol. The van der Waals surface area contributed by atoms with E-state index in [4.69, 9.17) is 0 Å². The minimum atomic E-state index is 0.792. The first-order valence-electron chi connectivity index (χ1n) is 12.3. The lowest BCUT2D eigenvalue weighted by molar-refractivity contribution is 1.20. The van der Waals surface area contributed by atoms with Gasteiger partial charge in [0, 0.05) is 38.8 Å². The van der Waals surface area contributed by atoms with E-state index >= 15 is 0 Å². The summed E-state index contributed by atoms with van der Waals surface area (Å²) in [5, 5.41) is 6.29. The maximum atomic E-state index is 4.61. The average molecular weight is 460 g/mol. The lowest BCUT2D eigenvalue weighted by Gasteiger charge is -2.09. The largest absolute Gasteiger partial charge is 0.308 e. The van der Waals surface area contributed by atoms with Gasteiger partial charge in [0.25, 0.3) is 0 Å². The van der Waals surface area contributed by atoms with Crippen LogP contribution in [0, 0.1) is 6.92 Å². The van der Waals surface area contributed by atoms with Crippen LogP contribution in [0.15, 0.2) is 109 Å². The molecule has 4 aromatic heterocycles. The van der Waals surface area contributed by atoms with Gasteiger partial charge in [-0.1, -0.05) is 60.7 Å². The zero-order valence-corrected chi connectivity index (χ0v) is 19.7. The van der Waals surface area contributed by atoms with Crippen molar-refractivity contribution < 1.29 is 0 Å². The second-order valence-electron chi connectivity index (χ2n) is 9.55. The molecular weight excluding hydrogens is 438 g/mol. The fraction of sp³-hybridized carbons (Fsp3) is 0.0303. The number of nitrogens with zero attached hydrogens (tertiary/aromatic N) is 3. The highest BCUT2D eigenvalue weighted by atomic mass is 14.9. The summed E-state index contributed by atoms with van der Waals surface area (Å²) in [6.45, 7) is 2.03. The maximum absolute atomic E-state index is 4.61. The van der Waals surface area contributed by atoms with Crippen LogP contribution in [0.4, 0.5) is 0 Å². The van der Waals surface area contributed by atoms with E-state index in [1.165, 1.54) is 60.3 Å². The predicted octanol–water partition coefficient (Wildman–Crippen LogP) is 8.42. The summed E-state index contributed by atoms with van der Waals surface area (Å²) in [6, 6.07) is 37.3. The van der Waals surface area contributed by atoms with E-state index < -0.39 is 0 Å². The smallest absolute Gasteiger partial charge is 0.159 e. The molecule has 0 spiro atoms. The zero-order valence-electron chi connectivity index (χ0n) is 19.7. The summed E-state index contributed by atoms with van der Waals surface area (Å²) in [5.74, 6) is 0. The summed E-state index contributed by atoms with van der Waals surface area (Å²) >= 11 is 0. The number of hydrogen-bond acceptors (Lipinski definition) is 2. The van der Waals surface area contributed by atoms with Crippen molar-refractivity contribution in [2.75, 3.05) is 0 Å². The molecular formula is C33H21N3. The highest BCUT2D eigenvalue weighted by molar-refractivity contribution is 6.24. The van der Waals surface area contributed by atoms with Gasteiger partial charge in [-0.2, -0.15) is 0 Å². The van der Waals surface area contributed by atoms with Crippen LogP contribution in [0.5, 0.6) is 0 Å². The SMILES string of the molecule is Cc1cc(-c2ccc(-c3cc4c5ccccc5n5c6ccccc6c(c3)c45)cc2)c2cccnc2n1. The van der Waals surface area contributed by atoms with Crippen LogP contribution >= 0.6 is 0 Å². The van der Waals surface area contributed by atoms with Gasteiger partial charge >= 0.3 is 0 Å². The number of para-hydroxylation sites is 2. The lowest BCUT2D eigenvalue weighted by Crippen LogP contribution is -1.90. The number of fused-ring (bicyclic) bond motifs is 7. The van der Waals surface area contributed by atoms with Gasteiger partial charge in [0.05, 0.1) is 16.6 Å². The van der Waals surface area contributed by atoms with Crippen LogP contribution < -0.4 is 0 Å². The summed E-state index contributed by atoms with van der Waals surface area (Å²) in [6.07, 6.45) is 1.80. The van der Waals surface area contributed by atoms with Crippen molar-refractivity contribution >= 4 is 49.1 Å². The minimum Gasteiger partial charge on any atom is -0.308 e. The fourth-order valence-corrected chi connectivity index (χ4v) is 5.88. The number of pyridine rings is 2. The number of aryl methyl sites for hydroxylation is 1. The molecule has 4 aromatic carbocycles. The zero-order chi connectivity index (χ0) is 23.8. The van der Waals surface area contributed by atoms with E-state index in [1.54, 1.807) is 6.20 Å². The van der Waals surface area contributed by atoms with E-state index in [0.717, 1.165) is 16.7 Å². The molecule has 3 nitrogen and oxygen atoms in total. The molecule has 4 heterocycles. The molecule has 0 unspecified atom stereocenters. The molecule has 0 fully saturated rings. The first-order chi connectivity index (χ1) is 17.8. The summed E-state index contributed by atoms with van der Waals surface area (Å²) in [5.41, 5.74) is 10.4. The van der Waals surface area contributed by atoms with Gasteiger partial charge in [-0.15, -0.1) is 0 Å². The molecule has 0 saturated heterocycles. The average Bonchev–Trinajstić information content (AvgIpc) is 3.44. The number of hydrogen-bond donors (Lipinski definition) is 0. The molecule has 0 bridgehead atoms. The molecule has 8 aromatic rings. The van der Waals surface area contributed by atoms with E-state index in [1.807, 2.05) is 13.0 Å². The highest BCUT2D eigenvalue weighted by Crippen LogP contribution is 2.41. The van der Waals surface area contributed by atoms with Gasteiger partial charge in [-0.25, -0.2) is 9.97 Å². The molecule has 168 valence electrons. The van der Waals surface area contributed by atoms with Crippen LogP contribution in [0.2, 0.25) is 0 Å². The Morgan fingerprint density at radius 3 is 1.86 bits per heavy atom. The maximum Gasteiger partial charge on any atom is 0.159 e. The first-order valence-corrected chi connectivity index (χ1v) is 12.3. The molecule has 0 N–H and O–H groups in total. The third-order valence-corrected chi connectivity index (χ3v) is 7.45. The van der Waals surface area contributed by atoms with E-state index in [0.29, 0.717) is 0 Å². The van der Waals surface area contributed by atoms with Gasteiger partial charge in [0.15, 0.2) is 5.65 Å². The predicted molar refractivity (Wildman–Crippen MR) is 150 cm³/mol. The minimum absolute atomic E-state index is 0.792. The van der Waals surface area contributed by atoms with Crippen molar-refractivity contribution in [3.63, 3.8) is 0 Å². The van der Waals surface area contributed by atoms with Gasteiger partial charge in [-0.3, -0.25) is 0 Å². The molecule has 36 heavy (non-hydrogen) atoms. The molecule has 0 amide bonds. The van der Waals surface area contributed by atoms with Crippen molar-refractivity contribution in [2.24, 2.45) is 0 Å². The van der Waals surface area contributed by atoms with Crippen LogP contribution in [0.25, 0.3) is 71.4 Å². The van der Waals surface area contributed by atoms with Crippen LogP contribution in [0.1, 0.15) is 5.69 Å². The van der Waals surface area contributed by atoms with Gasteiger partial charge in [0.2, 0.25) is 0 Å². The molecule has 0 atom stereocenters. The number of aromatic nitrogens is 3. The molecule has 0 aliphatic heterocycles. The Labute approximate surface area is 207 Å². The van der Waals surface area contributed by atoms with Crippen molar-refractivity contribution in [3.05, 3.63) is 115 Å². The Hall–Kier alpha value is -4.76. The van der Waals surface area contributed by atoms with Gasteiger partial charge in [-0.05, 0) is 71.6 Å². The second-order valence-corrected chi connectivity index (χ2v) is 9.55. The second kappa shape index (κ2) is 7.12. The topological polar surface area (TPSA) is 30.2 Å². The Morgan fingerprint density at radius 1 is 0.556 bits per heavy atom. The van der Waals surface area contributed by atoms with Crippen LogP contribution in [-0.4, -0.2) is 14.4 Å². The summed E-state index contributed by atoms with van der Waals surface area (Å²) in [4.78, 5) is 9.08. The van der Waals surface area contributed by atoms with E-state index in [-0.39, 0.29) is 0 Å². The molecule has 0 aliphatic rings. The standard InChI is InChI=1S/C33H21N3/c1-20-17-27(26-9-6-16-34-33(26)35-20)22-14-12-21(13-15-22)23-18-28-24-7-2-4-10-30(24)36-31-11-5-3-8-25(31)29(19-23)32(28)36/h2-19H,1H3. The molecule has 3 heteroatoms. The van der Waals surface area contributed by atoms with Crippen molar-refractivity contribution in [1.29, 1.82) is 0 Å². The fourth-order valence-electron chi connectivity index (χ4n) is 5.88. The lowest BCUT2D eigenvalue weighted by atomic mass is 9.96. The van der Waals surface area contributed by atoms with Crippen molar-refractivity contribution in [3.8, 4) is 22.3 Å². The Kier molecular flexibility index (Phi) is 3.87. The third-order valence-electron chi connectivity index (χ3n) is 7.45. The first kappa shape index (κ1) is 19.5. The highest BCUT2D eigenvalue weighted by Gasteiger charge is 2.18. The quantitative estimate of drug-likeness (QED) is 0.260. The number of rotatable bonds is 2. The molecule has 0 radical (unpaired) electrons. The van der Waals surface area contributed by atoms with Crippen molar-refractivity contribution in [1.82, 2.24) is 14.4 Å².